The molecular formula is C7H9B. The van der Waals surface area contributed by atoms with Crippen molar-refractivity contribution in [3.8, 4) is 0 Å². The van der Waals surface area contributed by atoms with Crippen LogP contribution in [0.5, 0.6) is 0 Å². The zero-order valence-corrected chi connectivity index (χ0v) is 5.31. The lowest BCUT2D eigenvalue weighted by atomic mass is 9.49. The van der Waals surface area contributed by atoms with Crippen LogP contribution in [0, 0.1) is 0 Å². The Hall–Kier alpha value is -0.675. The van der Waals surface area contributed by atoms with Crippen LogP contribution in [0.2, 0.25) is 13.6 Å². The van der Waals surface area contributed by atoms with Gasteiger partial charge < -0.3 is 0 Å². The van der Waals surface area contributed by atoms with Crippen molar-refractivity contribution < 1.29 is 0 Å². The average Bonchev–Trinajstić information content (AvgIpc) is 2.12. The van der Waals surface area contributed by atoms with Gasteiger partial charge in [-0.3, -0.25) is 0 Å². The Bertz CT molecular complexity index is 169. The second-order valence-electron chi connectivity index (χ2n) is 2.28. The predicted molar refractivity (Wildman–Crippen MR) is 38.2 cm³/mol. The van der Waals surface area contributed by atoms with Gasteiger partial charge in [0.15, 0.2) is 6.71 Å². The fourth-order valence-electron chi connectivity index (χ4n) is 0.703. The van der Waals surface area contributed by atoms with Crippen molar-refractivity contribution in [1.82, 2.24) is 0 Å². The van der Waals surface area contributed by atoms with E-state index in [1.54, 1.807) is 0 Å². The maximum absolute atomic E-state index is 3.14. The molecule has 8 heavy (non-hydrogen) atoms. The van der Waals surface area contributed by atoms with Gasteiger partial charge in [0.05, 0.1) is 0 Å². The van der Waals surface area contributed by atoms with Gasteiger partial charge in [0.2, 0.25) is 0 Å². The zero-order valence-electron chi connectivity index (χ0n) is 5.31. The Morgan fingerprint density at radius 1 is 1.50 bits per heavy atom. The second-order valence-corrected chi connectivity index (χ2v) is 2.28. The summed E-state index contributed by atoms with van der Waals surface area (Å²) >= 11 is 0. The van der Waals surface area contributed by atoms with Gasteiger partial charge >= 0.3 is 0 Å². The van der Waals surface area contributed by atoms with Gasteiger partial charge in [0.25, 0.3) is 0 Å². The predicted octanol–water partition coefficient (Wildman–Crippen LogP) is 1.93. The highest BCUT2D eigenvalue weighted by atomic mass is 13.8. The molecule has 0 aromatic carbocycles. The van der Waals surface area contributed by atoms with Crippen molar-refractivity contribution >= 4 is 6.71 Å². The van der Waals surface area contributed by atoms with Crippen molar-refractivity contribution in [2.45, 2.75) is 13.6 Å². The highest BCUT2D eigenvalue weighted by Crippen LogP contribution is 2.04. The van der Waals surface area contributed by atoms with Crippen LogP contribution in [0.1, 0.15) is 0 Å². The Labute approximate surface area is 50.7 Å². The topological polar surface area (TPSA) is 0 Å². The molecule has 0 bridgehead atoms. The Morgan fingerprint density at radius 3 is 2.50 bits per heavy atom. The molecule has 1 aliphatic carbocycles. The third kappa shape index (κ3) is 0.934. The van der Waals surface area contributed by atoms with E-state index in [1.807, 2.05) is 12.2 Å². The fraction of sp³-hybridized carbons (Fsp3) is 0.286. The maximum atomic E-state index is 3.14. The summed E-state index contributed by atoms with van der Waals surface area (Å²) < 4.78 is 0. The first-order valence-corrected chi connectivity index (χ1v) is 2.94. The molecule has 0 aromatic heterocycles. The number of hydrogen-bond donors (Lipinski definition) is 0. The highest BCUT2D eigenvalue weighted by molar-refractivity contribution is 6.64. The first kappa shape index (κ1) is 5.46. The summed E-state index contributed by atoms with van der Waals surface area (Å²) in [5.74, 6) is 0. The third-order valence-electron chi connectivity index (χ3n) is 1.24. The molecule has 0 fully saturated rings. The van der Waals surface area contributed by atoms with Crippen LogP contribution in [0.3, 0.4) is 0 Å². The average molecular weight is 104 g/mol. The zero-order chi connectivity index (χ0) is 5.98. The molecule has 0 aromatic rings. The number of rotatable bonds is 1. The molecule has 0 saturated carbocycles. The normalized spacial score (nSPS) is 14.5. The van der Waals surface area contributed by atoms with Crippen LogP contribution in [-0.4, -0.2) is 6.71 Å². The van der Waals surface area contributed by atoms with Crippen molar-refractivity contribution in [1.29, 1.82) is 0 Å². The SMILES string of the molecule is CB(C)C1=C=CC=C1. The van der Waals surface area contributed by atoms with E-state index in [0.717, 1.165) is 0 Å². The van der Waals surface area contributed by atoms with E-state index in [2.05, 4.69) is 25.5 Å². The molecule has 0 spiro atoms. The minimum absolute atomic E-state index is 0.630. The van der Waals surface area contributed by atoms with Crippen molar-refractivity contribution in [3.63, 3.8) is 0 Å². The summed E-state index contributed by atoms with van der Waals surface area (Å²) in [5, 5.41) is 0. The lowest BCUT2D eigenvalue weighted by Gasteiger charge is -1.92. The van der Waals surface area contributed by atoms with E-state index in [1.165, 1.54) is 5.47 Å². The first-order valence-electron chi connectivity index (χ1n) is 2.94. The third-order valence-corrected chi connectivity index (χ3v) is 1.24. The minimum atomic E-state index is 0.630. The monoisotopic (exact) mass is 104 g/mol. The van der Waals surface area contributed by atoms with Crippen LogP contribution < -0.4 is 0 Å². The number of allylic oxidation sites excluding steroid dienone is 3. The molecule has 0 heterocycles. The van der Waals surface area contributed by atoms with Crippen molar-refractivity contribution in [3.05, 3.63) is 29.4 Å². The van der Waals surface area contributed by atoms with Crippen LogP contribution in [-0.2, 0) is 0 Å². The largest absolute Gasteiger partial charge is 0.179 e. The molecule has 0 aliphatic heterocycles. The van der Waals surface area contributed by atoms with E-state index < -0.39 is 0 Å². The highest BCUT2D eigenvalue weighted by Gasteiger charge is 2.02. The lowest BCUT2D eigenvalue weighted by Crippen LogP contribution is -2.00. The Morgan fingerprint density at radius 2 is 2.25 bits per heavy atom. The fourth-order valence-corrected chi connectivity index (χ4v) is 0.703. The van der Waals surface area contributed by atoms with Gasteiger partial charge in [-0.25, -0.2) is 0 Å². The molecule has 1 rings (SSSR count). The van der Waals surface area contributed by atoms with E-state index >= 15 is 0 Å². The molecule has 1 aliphatic rings. The van der Waals surface area contributed by atoms with Gasteiger partial charge in [-0.05, 0) is 11.5 Å². The van der Waals surface area contributed by atoms with Crippen LogP contribution in [0.15, 0.2) is 29.4 Å². The number of hydrogen-bond acceptors (Lipinski definition) is 0. The molecule has 0 radical (unpaired) electrons. The smallest absolute Gasteiger partial charge is 0.127 e. The molecular weight excluding hydrogens is 94.9 g/mol. The van der Waals surface area contributed by atoms with E-state index in [9.17, 15) is 0 Å². The standard InChI is InChI=1S/C7H9B/c1-8(2)7-5-3-4-6-7/h3-5H,1-2H3. The minimum Gasteiger partial charge on any atom is -0.127 e. The molecule has 0 nitrogen and oxygen atoms in total. The first-order chi connectivity index (χ1) is 3.80. The summed E-state index contributed by atoms with van der Waals surface area (Å²) in [7, 11) is 0. The molecule has 0 unspecified atom stereocenters. The van der Waals surface area contributed by atoms with E-state index in [0.29, 0.717) is 6.71 Å². The van der Waals surface area contributed by atoms with Crippen molar-refractivity contribution in [2.75, 3.05) is 0 Å². The molecule has 0 atom stereocenters. The quantitative estimate of drug-likeness (QED) is 0.352. The second kappa shape index (κ2) is 2.06. The van der Waals surface area contributed by atoms with Crippen molar-refractivity contribution in [2.24, 2.45) is 0 Å². The van der Waals surface area contributed by atoms with Crippen LogP contribution in [0.4, 0.5) is 0 Å². The van der Waals surface area contributed by atoms with Gasteiger partial charge in [0, 0.05) is 0 Å². The molecule has 1 heteroatoms. The van der Waals surface area contributed by atoms with Gasteiger partial charge in [-0.2, -0.15) is 0 Å². The molecule has 0 N–H and O–H groups in total. The van der Waals surface area contributed by atoms with Crippen LogP contribution in [0.25, 0.3) is 0 Å². The van der Waals surface area contributed by atoms with E-state index in [-0.39, 0.29) is 0 Å². The molecule has 0 amide bonds. The van der Waals surface area contributed by atoms with Gasteiger partial charge in [-0.15, -0.1) is 5.73 Å². The van der Waals surface area contributed by atoms with Gasteiger partial charge in [0.1, 0.15) is 0 Å². The summed E-state index contributed by atoms with van der Waals surface area (Å²) in [6, 6.07) is 0. The lowest BCUT2D eigenvalue weighted by molar-refractivity contribution is 1.84. The molecule has 40 valence electrons. The van der Waals surface area contributed by atoms with Gasteiger partial charge in [-0.1, -0.05) is 25.8 Å². The summed E-state index contributed by atoms with van der Waals surface area (Å²) in [4.78, 5) is 0. The summed E-state index contributed by atoms with van der Waals surface area (Å²) in [6.07, 6.45) is 6.08. The summed E-state index contributed by atoms with van der Waals surface area (Å²) in [6.45, 7) is 4.97. The molecule has 0 saturated heterocycles. The maximum Gasteiger partial charge on any atom is 0.179 e. The Balaban J connectivity index is 2.74. The van der Waals surface area contributed by atoms with E-state index in [4.69, 9.17) is 0 Å². The van der Waals surface area contributed by atoms with Crippen LogP contribution >= 0.6 is 0 Å². The Kier molecular flexibility index (Phi) is 1.41. The summed E-state index contributed by atoms with van der Waals surface area (Å²) in [5.41, 5.74) is 4.45.